The normalized spacial score (nSPS) is 21.3. The third-order valence-electron chi connectivity index (χ3n) is 7.21. The van der Waals surface area contributed by atoms with Gasteiger partial charge in [-0.3, -0.25) is 19.7 Å². The number of hydrogen-bond donors (Lipinski definition) is 9. The van der Waals surface area contributed by atoms with Crippen LogP contribution in [0.15, 0.2) is 56.3 Å². The zero-order valence-electron chi connectivity index (χ0n) is 25.7. The van der Waals surface area contributed by atoms with Crippen LogP contribution in [0.5, 0.6) is 0 Å². The Hall–Kier alpha value is -5.13. The van der Waals surface area contributed by atoms with Gasteiger partial charge in [-0.25, -0.2) is 19.6 Å². The van der Waals surface area contributed by atoms with E-state index < -0.39 is 52.5 Å². The van der Waals surface area contributed by atoms with Crippen LogP contribution in [0.3, 0.4) is 0 Å². The number of esters is 1. The van der Waals surface area contributed by atoms with E-state index in [0.717, 1.165) is 40.0 Å². The molecule has 19 nitrogen and oxygen atoms in total. The number of carboxylic acid groups (broad SMARTS) is 1. The number of carbonyl (C=O) groups excluding carboxylic acids is 4. The van der Waals surface area contributed by atoms with Crippen molar-refractivity contribution >= 4 is 97.5 Å². The van der Waals surface area contributed by atoms with Crippen molar-refractivity contribution in [2.45, 2.75) is 29.8 Å². The van der Waals surface area contributed by atoms with Gasteiger partial charge in [0.15, 0.2) is 27.7 Å². The summed E-state index contributed by atoms with van der Waals surface area (Å²) in [5.74, 6) is -3.79. The van der Waals surface area contributed by atoms with Crippen molar-refractivity contribution in [2.24, 2.45) is 10.3 Å². The van der Waals surface area contributed by atoms with Crippen molar-refractivity contribution in [3.63, 3.8) is 0 Å². The van der Waals surface area contributed by atoms with Crippen LogP contribution in [0.1, 0.15) is 18.3 Å². The van der Waals surface area contributed by atoms with Crippen LogP contribution >= 0.6 is 46.2 Å². The number of nitrogens with two attached hydrogens (primary N) is 1. The fourth-order valence-corrected chi connectivity index (χ4v) is 8.32. The number of oxime groups is 2. The van der Waals surface area contributed by atoms with Crippen molar-refractivity contribution < 1.29 is 44.2 Å². The van der Waals surface area contributed by atoms with Gasteiger partial charge >= 0.3 is 11.9 Å². The number of thiazole rings is 2. The Kier molecular flexibility index (Phi) is 11.3. The third-order valence-corrected chi connectivity index (χ3v) is 11.0. The number of aromatic nitrogens is 2. The molecule has 3 aliphatic heterocycles. The molecule has 3 amide bonds. The lowest BCUT2D eigenvalue weighted by Crippen LogP contribution is -2.56. The predicted octanol–water partition coefficient (Wildman–Crippen LogP) is -0.173. The summed E-state index contributed by atoms with van der Waals surface area (Å²) in [6, 6.07) is -1.61. The van der Waals surface area contributed by atoms with Gasteiger partial charge in [-0.15, -0.1) is 46.2 Å². The van der Waals surface area contributed by atoms with E-state index in [2.05, 4.69) is 53.4 Å². The molecule has 264 valence electrons. The first kappa shape index (κ1) is 36.2. The maximum Gasteiger partial charge on any atom is 0.355 e. The summed E-state index contributed by atoms with van der Waals surface area (Å²) in [4.78, 5) is 71.5. The van der Waals surface area contributed by atoms with E-state index in [-0.39, 0.29) is 51.1 Å². The molecule has 0 bridgehead atoms. The van der Waals surface area contributed by atoms with Crippen molar-refractivity contribution in [1.29, 1.82) is 0 Å². The summed E-state index contributed by atoms with van der Waals surface area (Å²) in [6.45, 7) is 5.56. The first-order chi connectivity index (χ1) is 23.9. The second-order valence-corrected chi connectivity index (χ2v) is 14.4. The number of nitrogens with zero attached hydrogens (tertiary/aromatic N) is 4. The third kappa shape index (κ3) is 7.85. The van der Waals surface area contributed by atoms with Crippen molar-refractivity contribution in [2.75, 3.05) is 29.1 Å². The van der Waals surface area contributed by atoms with E-state index in [1.54, 1.807) is 6.92 Å². The average Bonchev–Trinajstić information content (AvgIpc) is 3.81. The topological polar surface area (TPSA) is 292 Å². The molecule has 0 spiro atoms. The molecule has 50 heavy (non-hydrogen) atoms. The Labute approximate surface area is 298 Å². The minimum absolute atomic E-state index is 0.0127. The Morgan fingerprint density at radius 1 is 1.10 bits per heavy atom. The fourth-order valence-electron chi connectivity index (χ4n) is 4.72. The first-order valence-electron chi connectivity index (χ1n) is 14.2. The maximum absolute atomic E-state index is 13.4. The van der Waals surface area contributed by atoms with Crippen molar-refractivity contribution in [1.82, 2.24) is 31.2 Å². The van der Waals surface area contributed by atoms with Crippen LogP contribution in [-0.2, 0) is 28.7 Å². The number of allylic oxidation sites excluding steroid dienone is 1. The van der Waals surface area contributed by atoms with Crippen LogP contribution < -0.4 is 32.3 Å². The summed E-state index contributed by atoms with van der Waals surface area (Å²) in [6.07, 6.45) is 1.09. The quantitative estimate of drug-likeness (QED) is 0.0587. The summed E-state index contributed by atoms with van der Waals surface area (Å²) in [7, 11) is 0. The molecule has 0 aliphatic carbocycles. The summed E-state index contributed by atoms with van der Waals surface area (Å²) >= 11 is 4.44. The summed E-state index contributed by atoms with van der Waals surface area (Å²) in [5, 5.41) is 49.7. The van der Waals surface area contributed by atoms with Crippen LogP contribution in [0, 0.1) is 0 Å². The molecule has 10 N–H and O–H groups in total. The van der Waals surface area contributed by atoms with Gasteiger partial charge in [0.05, 0.1) is 5.37 Å². The van der Waals surface area contributed by atoms with Gasteiger partial charge < -0.3 is 47.3 Å². The van der Waals surface area contributed by atoms with E-state index in [1.165, 1.54) is 28.6 Å². The number of anilines is 2. The molecule has 3 aliphatic rings. The number of nitrogens with one attached hydrogen (secondary N) is 5. The lowest BCUT2D eigenvalue weighted by molar-refractivity contribution is -0.141. The molecule has 5 heterocycles. The van der Waals surface area contributed by atoms with E-state index in [0.29, 0.717) is 17.0 Å². The van der Waals surface area contributed by atoms with Crippen molar-refractivity contribution in [3.05, 3.63) is 57.3 Å². The minimum atomic E-state index is -1.61. The number of cyclic esters (lactones) is 1. The lowest BCUT2D eigenvalue weighted by atomic mass is 10.1. The second kappa shape index (κ2) is 15.6. The number of carbonyl (C=O) groups is 5. The molecule has 0 aromatic carbocycles. The zero-order chi connectivity index (χ0) is 36.1. The van der Waals surface area contributed by atoms with Gasteiger partial charge in [0.2, 0.25) is 0 Å². The highest BCUT2D eigenvalue weighted by molar-refractivity contribution is 8.00. The molecule has 4 unspecified atom stereocenters. The van der Waals surface area contributed by atoms with E-state index in [9.17, 15) is 39.5 Å². The monoisotopic (exact) mass is 764 g/mol. The fraction of sp³-hybridized carbons (Fsp3) is 0.296. The number of aliphatic carboxylic acids is 1. The molecule has 0 saturated heterocycles. The predicted molar refractivity (Wildman–Crippen MR) is 185 cm³/mol. The zero-order valence-corrected chi connectivity index (χ0v) is 28.9. The standard InChI is InChI=1S/C27H28N10O9S4/c1-3-10-5-48-23(19(24(41)42)33-22(40)18(37-45)12-7-49-26(28)30-12)34-15(10)21(39)35-27-31-13(8-50-27)17(36-44)20(38)29-4-14-32-16-11(6-47-14)9(2)46-25(16)43/h3,7-9,14,19,23,32,34,44-45H,1,4-6H2,2H3,(H2,28,30)(H,29,38)(H,33,40)(H,41,42)(H,31,35,39)/b36-17-,37-18-. The highest BCUT2D eigenvalue weighted by Gasteiger charge is 2.38. The molecule has 5 rings (SSSR count). The van der Waals surface area contributed by atoms with Gasteiger partial charge in [-0.05, 0) is 12.5 Å². The largest absolute Gasteiger partial charge is 0.480 e. The number of ether oxygens (including phenoxy) is 1. The van der Waals surface area contributed by atoms with Crippen molar-refractivity contribution in [3.8, 4) is 0 Å². The Morgan fingerprint density at radius 3 is 2.46 bits per heavy atom. The SMILES string of the molecule is C=CC1=C(C(=O)Nc2nc(/C(=N/O)C(=O)NCC3NC4=C(CS3)C(C)OC4=O)cs2)NC(C(NC(=O)/C(=N\O)c2csc(N)n2)C(=O)O)SC1. The smallest absolute Gasteiger partial charge is 0.355 e. The number of hydrogen-bond acceptors (Lipinski definition) is 19. The number of nitrogen functional groups attached to an aromatic ring is 1. The molecule has 4 atom stereocenters. The number of carboxylic acids is 1. The Bertz CT molecular complexity index is 1870. The number of thioether (sulfide) groups is 2. The number of amides is 3. The van der Waals surface area contributed by atoms with Gasteiger partial charge in [-0.2, -0.15) is 0 Å². The second-order valence-electron chi connectivity index (χ2n) is 10.3. The maximum atomic E-state index is 13.4. The van der Waals surface area contributed by atoms with E-state index >= 15 is 0 Å². The van der Waals surface area contributed by atoms with Gasteiger partial charge in [-0.1, -0.05) is 23.0 Å². The first-order valence-corrected chi connectivity index (χ1v) is 18.1. The van der Waals surface area contributed by atoms with E-state index in [4.69, 9.17) is 10.5 Å². The summed E-state index contributed by atoms with van der Waals surface area (Å²) < 4.78 is 5.21. The Morgan fingerprint density at radius 2 is 1.80 bits per heavy atom. The molecule has 0 radical (unpaired) electrons. The molecule has 0 saturated carbocycles. The molecule has 2 aromatic heterocycles. The van der Waals surface area contributed by atoms with Crippen LogP contribution in [0.25, 0.3) is 0 Å². The highest BCUT2D eigenvalue weighted by atomic mass is 32.2. The molecular formula is C27H28N10O9S4. The summed E-state index contributed by atoms with van der Waals surface area (Å²) in [5.41, 5.74) is 6.07. The molecular weight excluding hydrogens is 737 g/mol. The van der Waals surface area contributed by atoms with Crippen LogP contribution in [0.2, 0.25) is 0 Å². The van der Waals surface area contributed by atoms with E-state index in [1.807, 2.05) is 0 Å². The van der Waals surface area contributed by atoms with Crippen LogP contribution in [-0.4, -0.2) is 108 Å². The molecule has 23 heteroatoms. The van der Waals surface area contributed by atoms with Gasteiger partial charge in [0, 0.05) is 34.4 Å². The molecule has 0 fully saturated rings. The van der Waals surface area contributed by atoms with Crippen LogP contribution in [0.4, 0.5) is 10.3 Å². The number of rotatable bonds is 12. The highest BCUT2D eigenvalue weighted by Crippen LogP contribution is 2.31. The van der Waals surface area contributed by atoms with Gasteiger partial charge in [0.1, 0.15) is 34.3 Å². The van der Waals surface area contributed by atoms with Gasteiger partial charge in [0.25, 0.3) is 17.7 Å². The minimum Gasteiger partial charge on any atom is -0.480 e. The molecule has 2 aromatic rings. The average molecular weight is 765 g/mol. The lowest BCUT2D eigenvalue weighted by Gasteiger charge is -2.31. The Balaban J connectivity index is 1.21.